The molecule has 0 amide bonds. The molecular weight excluding hydrogens is 195 g/mol. The number of aromatic nitrogens is 1. The van der Waals surface area contributed by atoms with Gasteiger partial charge in [-0.05, 0) is 11.6 Å². The second-order valence-electron chi connectivity index (χ2n) is 3.25. The van der Waals surface area contributed by atoms with Crippen LogP contribution in [0.2, 0.25) is 0 Å². The van der Waals surface area contributed by atoms with Gasteiger partial charge in [-0.25, -0.2) is 0 Å². The molecule has 0 unspecified atom stereocenters. The monoisotopic (exact) mass is 206 g/mol. The molecule has 0 aliphatic carbocycles. The molecule has 0 fully saturated rings. The Hall–Kier alpha value is -1.84. The highest BCUT2D eigenvalue weighted by molar-refractivity contribution is 5.61. The van der Waals surface area contributed by atoms with Crippen molar-refractivity contribution in [2.75, 3.05) is 12.4 Å². The molecule has 0 atom stereocenters. The zero-order valence-corrected chi connectivity index (χ0v) is 8.11. The minimum Gasteiger partial charge on any atom is -0.368 e. The topological polar surface area (TPSA) is 52.0 Å². The minimum atomic E-state index is -0.357. The molecule has 2 rings (SSSR count). The highest BCUT2D eigenvalue weighted by Gasteiger charge is 2.04. The van der Waals surface area contributed by atoms with E-state index in [1.54, 1.807) is 6.07 Å². The molecular formula is C11H11FN2O. The normalized spacial score (nSPS) is 10.5. The molecule has 0 saturated carbocycles. The number of nitrogens with two attached hydrogens (primary N) is 1. The number of aryl methyl sites for hydroxylation is 1. The van der Waals surface area contributed by atoms with E-state index < -0.39 is 0 Å². The molecule has 78 valence electrons. The summed E-state index contributed by atoms with van der Waals surface area (Å²) < 4.78 is 16.9. The zero-order valence-electron chi connectivity index (χ0n) is 8.11. The first kappa shape index (κ1) is 9.71. The van der Waals surface area contributed by atoms with Crippen molar-refractivity contribution in [1.82, 2.24) is 5.16 Å². The van der Waals surface area contributed by atoms with Crippen molar-refractivity contribution in [1.29, 1.82) is 0 Å². The Balaban J connectivity index is 2.32. The predicted octanol–water partition coefficient (Wildman–Crippen LogP) is 2.44. The summed E-state index contributed by atoms with van der Waals surface area (Å²) in [7, 11) is 0. The van der Waals surface area contributed by atoms with Gasteiger partial charge in [0.1, 0.15) is 5.69 Å². The van der Waals surface area contributed by atoms with E-state index in [1.807, 2.05) is 24.3 Å². The second-order valence-corrected chi connectivity index (χ2v) is 3.25. The molecule has 0 aliphatic heterocycles. The Kier molecular flexibility index (Phi) is 2.67. The van der Waals surface area contributed by atoms with Crippen LogP contribution in [0.15, 0.2) is 34.9 Å². The van der Waals surface area contributed by atoms with E-state index in [0.29, 0.717) is 12.1 Å². The first-order valence-corrected chi connectivity index (χ1v) is 4.67. The second kappa shape index (κ2) is 4.13. The molecule has 1 heterocycles. The molecule has 4 heteroatoms. The summed E-state index contributed by atoms with van der Waals surface area (Å²) in [5.74, 6) is 0.279. The van der Waals surface area contributed by atoms with Crippen LogP contribution < -0.4 is 5.73 Å². The Morgan fingerprint density at radius 2 is 2.20 bits per heavy atom. The quantitative estimate of drug-likeness (QED) is 0.839. The first-order chi connectivity index (χ1) is 7.29. The van der Waals surface area contributed by atoms with Gasteiger partial charge >= 0.3 is 0 Å². The number of nitrogen functional groups attached to an aromatic ring is 1. The van der Waals surface area contributed by atoms with Crippen molar-refractivity contribution < 1.29 is 8.91 Å². The third-order valence-corrected chi connectivity index (χ3v) is 2.13. The van der Waals surface area contributed by atoms with E-state index in [-0.39, 0.29) is 12.6 Å². The van der Waals surface area contributed by atoms with Gasteiger partial charge in [-0.1, -0.05) is 23.4 Å². The predicted molar refractivity (Wildman–Crippen MR) is 56.0 cm³/mol. The van der Waals surface area contributed by atoms with Crippen LogP contribution in [0.1, 0.15) is 5.56 Å². The molecule has 3 nitrogen and oxygen atoms in total. The summed E-state index contributed by atoms with van der Waals surface area (Å²) in [6, 6.07) is 9.17. The van der Waals surface area contributed by atoms with Crippen LogP contribution >= 0.6 is 0 Å². The van der Waals surface area contributed by atoms with Gasteiger partial charge in [0, 0.05) is 18.1 Å². The molecule has 2 N–H and O–H groups in total. The summed E-state index contributed by atoms with van der Waals surface area (Å²) in [6.07, 6.45) is 0.418. The lowest BCUT2D eigenvalue weighted by molar-refractivity contribution is 0.439. The smallest absolute Gasteiger partial charge is 0.222 e. The van der Waals surface area contributed by atoms with E-state index in [4.69, 9.17) is 10.3 Å². The molecule has 0 radical (unpaired) electrons. The average Bonchev–Trinajstić information content (AvgIpc) is 2.66. The van der Waals surface area contributed by atoms with Gasteiger partial charge in [0.05, 0.1) is 6.67 Å². The standard InChI is InChI=1S/C11H11FN2O/c12-5-4-8-2-1-3-9(6-8)10-7-11(13)15-14-10/h1-3,6-7H,4-5,13H2. The van der Waals surface area contributed by atoms with Crippen LogP contribution in [0, 0.1) is 0 Å². The fraction of sp³-hybridized carbons (Fsp3) is 0.182. The fourth-order valence-electron chi connectivity index (χ4n) is 1.42. The maximum atomic E-state index is 12.2. The number of alkyl halides is 1. The first-order valence-electron chi connectivity index (χ1n) is 4.67. The average molecular weight is 206 g/mol. The zero-order chi connectivity index (χ0) is 10.7. The maximum Gasteiger partial charge on any atom is 0.222 e. The largest absolute Gasteiger partial charge is 0.368 e. The summed E-state index contributed by atoms with van der Waals surface area (Å²) in [6.45, 7) is -0.357. The van der Waals surface area contributed by atoms with Crippen LogP contribution in [0.4, 0.5) is 10.3 Å². The van der Waals surface area contributed by atoms with Crippen LogP contribution in [0.3, 0.4) is 0 Å². The van der Waals surface area contributed by atoms with Gasteiger partial charge < -0.3 is 10.3 Å². The number of benzene rings is 1. The van der Waals surface area contributed by atoms with Gasteiger partial charge in [-0.3, -0.25) is 4.39 Å². The Bertz CT molecular complexity index is 453. The van der Waals surface area contributed by atoms with Crippen LogP contribution in [-0.4, -0.2) is 11.8 Å². The number of halogens is 1. The third kappa shape index (κ3) is 2.15. The van der Waals surface area contributed by atoms with Gasteiger partial charge in [-0.15, -0.1) is 0 Å². The van der Waals surface area contributed by atoms with Crippen LogP contribution in [0.5, 0.6) is 0 Å². The van der Waals surface area contributed by atoms with E-state index in [9.17, 15) is 4.39 Å². The van der Waals surface area contributed by atoms with E-state index in [0.717, 1.165) is 11.1 Å². The van der Waals surface area contributed by atoms with Crippen molar-refractivity contribution in [3.8, 4) is 11.3 Å². The summed E-state index contributed by atoms with van der Waals surface area (Å²) in [4.78, 5) is 0. The molecule has 1 aromatic heterocycles. The lowest BCUT2D eigenvalue weighted by Crippen LogP contribution is -1.87. The van der Waals surface area contributed by atoms with Crippen molar-refractivity contribution in [2.45, 2.75) is 6.42 Å². The molecule has 0 saturated heterocycles. The Morgan fingerprint density at radius 3 is 2.87 bits per heavy atom. The number of anilines is 1. The summed E-state index contributed by atoms with van der Waals surface area (Å²) >= 11 is 0. The lowest BCUT2D eigenvalue weighted by Gasteiger charge is -1.99. The Labute approximate surface area is 86.7 Å². The number of nitrogens with zero attached hydrogens (tertiary/aromatic N) is 1. The van der Waals surface area contributed by atoms with Gasteiger partial charge in [0.25, 0.3) is 0 Å². The van der Waals surface area contributed by atoms with Crippen molar-refractivity contribution in [3.63, 3.8) is 0 Å². The molecule has 1 aromatic carbocycles. The fourth-order valence-corrected chi connectivity index (χ4v) is 1.42. The maximum absolute atomic E-state index is 12.2. The molecule has 0 bridgehead atoms. The van der Waals surface area contributed by atoms with Gasteiger partial charge in [0.15, 0.2) is 0 Å². The minimum absolute atomic E-state index is 0.279. The molecule has 15 heavy (non-hydrogen) atoms. The SMILES string of the molecule is Nc1cc(-c2cccc(CCF)c2)no1. The number of hydrogen-bond acceptors (Lipinski definition) is 3. The molecule has 0 spiro atoms. The van der Waals surface area contributed by atoms with E-state index >= 15 is 0 Å². The van der Waals surface area contributed by atoms with E-state index in [2.05, 4.69) is 5.16 Å². The van der Waals surface area contributed by atoms with Crippen molar-refractivity contribution in [2.24, 2.45) is 0 Å². The van der Waals surface area contributed by atoms with Crippen molar-refractivity contribution >= 4 is 5.88 Å². The molecule has 2 aromatic rings. The lowest BCUT2D eigenvalue weighted by atomic mass is 10.1. The third-order valence-electron chi connectivity index (χ3n) is 2.13. The number of hydrogen-bond donors (Lipinski definition) is 1. The summed E-state index contributed by atoms with van der Waals surface area (Å²) in [5, 5.41) is 3.79. The van der Waals surface area contributed by atoms with E-state index in [1.165, 1.54) is 0 Å². The van der Waals surface area contributed by atoms with Gasteiger partial charge in [-0.2, -0.15) is 0 Å². The van der Waals surface area contributed by atoms with Crippen LogP contribution in [0.25, 0.3) is 11.3 Å². The van der Waals surface area contributed by atoms with Crippen LogP contribution in [-0.2, 0) is 6.42 Å². The highest BCUT2D eigenvalue weighted by Crippen LogP contribution is 2.21. The number of rotatable bonds is 3. The highest BCUT2D eigenvalue weighted by atomic mass is 19.1. The molecule has 0 aliphatic rings. The Morgan fingerprint density at radius 1 is 1.33 bits per heavy atom. The summed E-state index contributed by atoms with van der Waals surface area (Å²) in [5.41, 5.74) is 7.93. The van der Waals surface area contributed by atoms with Gasteiger partial charge in [0.2, 0.25) is 5.88 Å². The van der Waals surface area contributed by atoms with Crippen molar-refractivity contribution in [3.05, 3.63) is 35.9 Å².